The molecule has 13 heavy (non-hydrogen) atoms. The molecule has 3 heteroatoms. The zero-order valence-corrected chi connectivity index (χ0v) is 8.63. The van der Waals surface area contributed by atoms with Gasteiger partial charge in [-0.25, -0.2) is 0 Å². The summed E-state index contributed by atoms with van der Waals surface area (Å²) in [7, 11) is 0. The van der Waals surface area contributed by atoms with Gasteiger partial charge in [-0.2, -0.15) is 0 Å². The SMILES string of the molecule is [CH]C(=O)NC(C)CCCC(C)(C)O. The molecular formula is C10H19NO2. The molecule has 0 aliphatic rings. The lowest BCUT2D eigenvalue weighted by Gasteiger charge is -2.18. The first-order chi connectivity index (χ1) is 5.81. The summed E-state index contributed by atoms with van der Waals surface area (Å²) >= 11 is 0. The highest BCUT2D eigenvalue weighted by Gasteiger charge is 2.12. The Balaban J connectivity index is 3.48. The first-order valence-corrected chi connectivity index (χ1v) is 4.59. The molecule has 2 radical (unpaired) electrons. The van der Waals surface area contributed by atoms with Crippen LogP contribution in [0.5, 0.6) is 0 Å². The zero-order chi connectivity index (χ0) is 10.5. The Morgan fingerprint density at radius 1 is 1.62 bits per heavy atom. The predicted octanol–water partition coefficient (Wildman–Crippen LogP) is 1.14. The van der Waals surface area contributed by atoms with Crippen LogP contribution in [-0.4, -0.2) is 22.7 Å². The van der Waals surface area contributed by atoms with Gasteiger partial charge < -0.3 is 10.4 Å². The van der Waals surface area contributed by atoms with Gasteiger partial charge in [0.25, 0.3) is 0 Å². The highest BCUT2D eigenvalue weighted by molar-refractivity contribution is 5.80. The molecule has 1 atom stereocenters. The van der Waals surface area contributed by atoms with Crippen LogP contribution in [0, 0.1) is 6.92 Å². The van der Waals surface area contributed by atoms with Crippen molar-refractivity contribution in [2.24, 2.45) is 0 Å². The van der Waals surface area contributed by atoms with Crippen LogP contribution in [0.2, 0.25) is 0 Å². The molecule has 1 amide bonds. The summed E-state index contributed by atoms with van der Waals surface area (Å²) in [6, 6.07) is 0.0832. The van der Waals surface area contributed by atoms with Crippen molar-refractivity contribution < 1.29 is 9.90 Å². The van der Waals surface area contributed by atoms with E-state index in [2.05, 4.69) is 5.32 Å². The maximum absolute atomic E-state index is 10.4. The molecule has 0 aromatic rings. The predicted molar refractivity (Wildman–Crippen MR) is 52.1 cm³/mol. The van der Waals surface area contributed by atoms with E-state index in [1.54, 1.807) is 13.8 Å². The fourth-order valence-corrected chi connectivity index (χ4v) is 1.16. The van der Waals surface area contributed by atoms with Crippen molar-refractivity contribution in [2.75, 3.05) is 0 Å². The van der Waals surface area contributed by atoms with Gasteiger partial charge in [0, 0.05) is 6.04 Å². The maximum atomic E-state index is 10.4. The number of carbonyl (C=O) groups excluding carboxylic acids is 1. The quantitative estimate of drug-likeness (QED) is 0.675. The van der Waals surface area contributed by atoms with Crippen molar-refractivity contribution in [3.05, 3.63) is 6.92 Å². The molecule has 0 heterocycles. The van der Waals surface area contributed by atoms with E-state index in [9.17, 15) is 9.90 Å². The van der Waals surface area contributed by atoms with Crippen molar-refractivity contribution in [1.82, 2.24) is 5.32 Å². The number of hydrogen-bond donors (Lipinski definition) is 2. The molecule has 0 aliphatic heterocycles. The Kier molecular flexibility index (Phi) is 4.99. The van der Waals surface area contributed by atoms with Crippen molar-refractivity contribution in [3.8, 4) is 0 Å². The van der Waals surface area contributed by atoms with Crippen LogP contribution in [0.25, 0.3) is 0 Å². The first kappa shape index (κ1) is 12.4. The van der Waals surface area contributed by atoms with Crippen LogP contribution in [0.1, 0.15) is 40.0 Å². The van der Waals surface area contributed by atoms with Gasteiger partial charge >= 0.3 is 0 Å². The van der Waals surface area contributed by atoms with Gasteiger partial charge in [0.15, 0.2) is 0 Å². The van der Waals surface area contributed by atoms with Crippen LogP contribution < -0.4 is 5.32 Å². The highest BCUT2D eigenvalue weighted by Crippen LogP contribution is 2.12. The van der Waals surface area contributed by atoms with Crippen molar-refractivity contribution in [3.63, 3.8) is 0 Å². The monoisotopic (exact) mass is 185 g/mol. The minimum Gasteiger partial charge on any atom is -0.390 e. The lowest BCUT2D eigenvalue weighted by atomic mass is 10.00. The minimum atomic E-state index is -0.619. The van der Waals surface area contributed by atoms with E-state index in [0.29, 0.717) is 0 Å². The molecule has 0 rings (SSSR count). The van der Waals surface area contributed by atoms with Gasteiger partial charge in [-0.3, -0.25) is 4.79 Å². The number of carbonyl (C=O) groups is 1. The van der Waals surface area contributed by atoms with Gasteiger partial charge in [0.2, 0.25) is 5.91 Å². The molecule has 0 fully saturated rings. The van der Waals surface area contributed by atoms with E-state index in [1.165, 1.54) is 0 Å². The van der Waals surface area contributed by atoms with E-state index < -0.39 is 11.5 Å². The normalized spacial score (nSPS) is 13.9. The summed E-state index contributed by atoms with van der Waals surface area (Å²) < 4.78 is 0. The van der Waals surface area contributed by atoms with E-state index >= 15 is 0 Å². The third kappa shape index (κ3) is 9.34. The topological polar surface area (TPSA) is 49.3 Å². The molecule has 1 unspecified atom stereocenters. The second-order valence-corrected chi connectivity index (χ2v) is 4.11. The number of rotatable bonds is 5. The Bertz CT molecular complexity index is 161. The van der Waals surface area contributed by atoms with E-state index in [1.807, 2.05) is 6.92 Å². The Labute approximate surface area is 80.5 Å². The number of amides is 1. The van der Waals surface area contributed by atoms with Gasteiger partial charge in [-0.1, -0.05) is 0 Å². The molecule has 3 nitrogen and oxygen atoms in total. The lowest BCUT2D eigenvalue weighted by Crippen LogP contribution is -2.31. The van der Waals surface area contributed by atoms with Crippen LogP contribution in [0.15, 0.2) is 0 Å². The summed E-state index contributed by atoms with van der Waals surface area (Å²) in [5, 5.41) is 12.0. The average Bonchev–Trinajstić information content (AvgIpc) is 1.81. The number of hydrogen-bond acceptors (Lipinski definition) is 2. The highest BCUT2D eigenvalue weighted by atomic mass is 16.3. The van der Waals surface area contributed by atoms with Crippen molar-refractivity contribution >= 4 is 5.91 Å². The molecule has 0 aromatic carbocycles. The molecule has 2 N–H and O–H groups in total. The Morgan fingerprint density at radius 3 is 2.54 bits per heavy atom. The van der Waals surface area contributed by atoms with Crippen LogP contribution in [0.3, 0.4) is 0 Å². The van der Waals surface area contributed by atoms with Gasteiger partial charge in [-0.05, 0) is 40.0 Å². The molecule has 0 saturated carbocycles. The molecule has 0 aromatic heterocycles. The first-order valence-electron chi connectivity index (χ1n) is 4.59. The van der Waals surface area contributed by atoms with Gasteiger partial charge in [-0.15, -0.1) is 0 Å². The van der Waals surface area contributed by atoms with E-state index in [4.69, 9.17) is 6.92 Å². The minimum absolute atomic E-state index is 0.0832. The average molecular weight is 185 g/mol. The Hall–Kier alpha value is -0.570. The zero-order valence-electron chi connectivity index (χ0n) is 8.63. The third-order valence-corrected chi connectivity index (χ3v) is 1.81. The summed E-state index contributed by atoms with van der Waals surface area (Å²) in [5.74, 6) is -0.490. The maximum Gasteiger partial charge on any atom is 0.224 e. The van der Waals surface area contributed by atoms with Crippen LogP contribution in [0.4, 0.5) is 0 Å². The fourth-order valence-electron chi connectivity index (χ4n) is 1.16. The van der Waals surface area contributed by atoms with Crippen molar-refractivity contribution in [2.45, 2.75) is 51.7 Å². The van der Waals surface area contributed by atoms with Gasteiger partial charge in [0.05, 0.1) is 12.5 Å². The smallest absolute Gasteiger partial charge is 0.224 e. The number of aliphatic hydroxyl groups is 1. The number of nitrogens with one attached hydrogen (secondary N) is 1. The molecular weight excluding hydrogens is 166 g/mol. The second kappa shape index (κ2) is 5.22. The molecule has 0 spiro atoms. The fraction of sp³-hybridized carbons (Fsp3) is 0.800. The van der Waals surface area contributed by atoms with Crippen LogP contribution >= 0.6 is 0 Å². The molecule has 76 valence electrons. The van der Waals surface area contributed by atoms with Crippen LogP contribution in [-0.2, 0) is 4.79 Å². The van der Waals surface area contributed by atoms with E-state index in [-0.39, 0.29) is 6.04 Å². The summed E-state index contributed by atoms with van der Waals surface area (Å²) in [6.45, 7) is 10.4. The summed E-state index contributed by atoms with van der Waals surface area (Å²) in [5.41, 5.74) is -0.619. The Morgan fingerprint density at radius 2 is 2.15 bits per heavy atom. The molecule has 0 bridgehead atoms. The van der Waals surface area contributed by atoms with Crippen molar-refractivity contribution in [1.29, 1.82) is 0 Å². The molecule has 0 aliphatic carbocycles. The lowest BCUT2D eigenvalue weighted by molar-refractivity contribution is -0.117. The van der Waals surface area contributed by atoms with Gasteiger partial charge in [0.1, 0.15) is 0 Å². The third-order valence-electron chi connectivity index (χ3n) is 1.81. The van der Waals surface area contributed by atoms with E-state index in [0.717, 1.165) is 19.3 Å². The largest absolute Gasteiger partial charge is 0.390 e. The second-order valence-electron chi connectivity index (χ2n) is 4.11. The molecule has 0 saturated heterocycles. The summed E-state index contributed by atoms with van der Waals surface area (Å²) in [4.78, 5) is 10.4. The standard InChI is InChI=1S/C10H19NO2/c1-8(11-9(2)12)6-5-7-10(3,4)13/h2,8,13H,5-7H2,1,3-4H3,(H,11,12). The summed E-state index contributed by atoms with van der Waals surface area (Å²) in [6.07, 6.45) is 2.45.